The molecule has 0 amide bonds. The van der Waals surface area contributed by atoms with Gasteiger partial charge in [0.2, 0.25) is 0 Å². The molecule has 6 heteroatoms. The first kappa shape index (κ1) is 10.8. The van der Waals surface area contributed by atoms with E-state index in [0.717, 1.165) is 23.5 Å². The van der Waals surface area contributed by atoms with Crippen molar-refractivity contribution in [1.29, 1.82) is 0 Å². The zero-order chi connectivity index (χ0) is 11.5. The van der Waals surface area contributed by atoms with E-state index in [1.165, 1.54) is 0 Å². The Hall–Kier alpha value is -1.69. The third kappa shape index (κ3) is 2.11. The Labute approximate surface area is 93.5 Å². The summed E-state index contributed by atoms with van der Waals surface area (Å²) in [4.78, 5) is 0. The first-order valence-corrected chi connectivity index (χ1v) is 5.23. The first-order valence-electron chi connectivity index (χ1n) is 5.23. The quantitative estimate of drug-likeness (QED) is 0.802. The Balaban J connectivity index is 2.21. The van der Waals surface area contributed by atoms with Crippen LogP contribution >= 0.6 is 0 Å². The van der Waals surface area contributed by atoms with Crippen LogP contribution in [-0.4, -0.2) is 36.5 Å². The fourth-order valence-corrected chi connectivity index (χ4v) is 1.60. The molecule has 0 fully saturated rings. The van der Waals surface area contributed by atoms with Crippen LogP contribution in [0.1, 0.15) is 17.8 Å². The largest absolute Gasteiger partial charge is 0.396 e. The second-order valence-electron chi connectivity index (χ2n) is 3.76. The molecule has 2 rings (SSSR count). The van der Waals surface area contributed by atoms with Gasteiger partial charge in [-0.3, -0.25) is 4.68 Å². The lowest BCUT2D eigenvalue weighted by Gasteiger charge is -1.94. The van der Waals surface area contributed by atoms with E-state index in [2.05, 4.69) is 15.4 Å². The van der Waals surface area contributed by atoms with Gasteiger partial charge in [-0.05, 0) is 19.8 Å². The lowest BCUT2D eigenvalue weighted by atomic mass is 10.2. The van der Waals surface area contributed by atoms with Crippen LogP contribution in [0.4, 0.5) is 0 Å². The average molecular weight is 221 g/mol. The zero-order valence-electron chi connectivity index (χ0n) is 9.46. The molecule has 2 heterocycles. The Kier molecular flexibility index (Phi) is 3.00. The summed E-state index contributed by atoms with van der Waals surface area (Å²) in [5.41, 5.74) is 2.74. The Morgan fingerprint density at radius 3 is 2.81 bits per heavy atom. The highest BCUT2D eigenvalue weighted by Crippen LogP contribution is 2.10. The molecule has 2 aromatic heterocycles. The van der Waals surface area contributed by atoms with Crippen LogP contribution in [-0.2, 0) is 13.5 Å². The molecule has 2 aromatic rings. The summed E-state index contributed by atoms with van der Waals surface area (Å²) < 4.78 is 3.47. The molecule has 0 bridgehead atoms. The van der Waals surface area contributed by atoms with E-state index < -0.39 is 0 Å². The molecule has 0 radical (unpaired) electrons. The summed E-state index contributed by atoms with van der Waals surface area (Å²) in [6, 6.07) is 0. The topological polar surface area (TPSA) is 68.8 Å². The molecule has 0 saturated heterocycles. The van der Waals surface area contributed by atoms with Crippen LogP contribution in [0.3, 0.4) is 0 Å². The first-order chi connectivity index (χ1) is 7.70. The van der Waals surface area contributed by atoms with Gasteiger partial charge < -0.3 is 5.11 Å². The zero-order valence-corrected chi connectivity index (χ0v) is 9.46. The maximum atomic E-state index is 8.73. The van der Waals surface area contributed by atoms with Crippen molar-refractivity contribution in [2.45, 2.75) is 19.8 Å². The van der Waals surface area contributed by atoms with Gasteiger partial charge in [0.15, 0.2) is 0 Å². The van der Waals surface area contributed by atoms with Crippen molar-refractivity contribution in [3.8, 4) is 5.69 Å². The van der Waals surface area contributed by atoms with Crippen LogP contribution < -0.4 is 0 Å². The summed E-state index contributed by atoms with van der Waals surface area (Å²) in [5.74, 6) is 0. The van der Waals surface area contributed by atoms with Crippen molar-refractivity contribution in [2.24, 2.45) is 7.05 Å². The lowest BCUT2D eigenvalue weighted by Crippen LogP contribution is -1.95. The van der Waals surface area contributed by atoms with Crippen LogP contribution in [0.2, 0.25) is 0 Å². The number of aromatic nitrogens is 5. The minimum Gasteiger partial charge on any atom is -0.396 e. The van der Waals surface area contributed by atoms with Gasteiger partial charge in [0.1, 0.15) is 5.69 Å². The fourth-order valence-electron chi connectivity index (χ4n) is 1.60. The van der Waals surface area contributed by atoms with Gasteiger partial charge in [-0.15, -0.1) is 5.10 Å². The predicted molar refractivity (Wildman–Crippen MR) is 58.3 cm³/mol. The molecular weight excluding hydrogens is 206 g/mol. The maximum Gasteiger partial charge on any atom is 0.107 e. The highest BCUT2D eigenvalue weighted by atomic mass is 16.2. The number of hydrogen-bond donors (Lipinski definition) is 1. The second-order valence-corrected chi connectivity index (χ2v) is 3.76. The average Bonchev–Trinajstić information content (AvgIpc) is 2.82. The standard InChI is InChI=1S/C10H15N5O/c1-8-10(7-14(2)12-8)15-6-9(11-13-15)4-3-5-16/h6-7,16H,3-5H2,1-2H3. The highest BCUT2D eigenvalue weighted by Gasteiger charge is 2.08. The van der Waals surface area contributed by atoms with E-state index >= 15 is 0 Å². The van der Waals surface area contributed by atoms with Crippen molar-refractivity contribution in [3.05, 3.63) is 23.8 Å². The van der Waals surface area contributed by atoms with E-state index in [4.69, 9.17) is 5.11 Å². The van der Waals surface area contributed by atoms with Crippen LogP contribution in [0, 0.1) is 6.92 Å². The minimum absolute atomic E-state index is 0.179. The number of nitrogens with zero attached hydrogens (tertiary/aromatic N) is 5. The molecule has 1 N–H and O–H groups in total. The van der Waals surface area contributed by atoms with Crippen LogP contribution in [0.25, 0.3) is 5.69 Å². The van der Waals surface area contributed by atoms with E-state index in [1.807, 2.05) is 26.4 Å². The minimum atomic E-state index is 0.179. The van der Waals surface area contributed by atoms with Crippen LogP contribution in [0.15, 0.2) is 12.4 Å². The molecule has 0 aliphatic rings. The normalized spacial score (nSPS) is 10.9. The molecule has 0 unspecified atom stereocenters. The molecule has 0 aliphatic heterocycles. The molecule has 0 saturated carbocycles. The van der Waals surface area contributed by atoms with Gasteiger partial charge >= 0.3 is 0 Å². The van der Waals surface area contributed by atoms with Crippen LogP contribution in [0.5, 0.6) is 0 Å². The van der Waals surface area contributed by atoms with E-state index in [0.29, 0.717) is 6.42 Å². The van der Waals surface area contributed by atoms with E-state index in [9.17, 15) is 0 Å². The van der Waals surface area contributed by atoms with Crippen molar-refractivity contribution < 1.29 is 5.11 Å². The smallest absolute Gasteiger partial charge is 0.107 e. The van der Waals surface area contributed by atoms with Gasteiger partial charge in [0.25, 0.3) is 0 Å². The van der Waals surface area contributed by atoms with E-state index in [-0.39, 0.29) is 6.61 Å². The SMILES string of the molecule is Cc1nn(C)cc1-n1cc(CCCO)nn1. The summed E-state index contributed by atoms with van der Waals surface area (Å²) in [6.07, 6.45) is 5.24. The summed E-state index contributed by atoms with van der Waals surface area (Å²) in [7, 11) is 1.88. The van der Waals surface area contributed by atoms with Gasteiger partial charge in [-0.1, -0.05) is 5.21 Å². The van der Waals surface area contributed by atoms with E-state index in [1.54, 1.807) is 9.36 Å². The predicted octanol–water partition coefficient (Wildman–Crippen LogP) is 0.234. The number of aliphatic hydroxyl groups excluding tert-OH is 1. The lowest BCUT2D eigenvalue weighted by molar-refractivity contribution is 0.288. The molecule has 0 atom stereocenters. The van der Waals surface area contributed by atoms with Gasteiger partial charge in [-0.25, -0.2) is 4.68 Å². The van der Waals surface area contributed by atoms with Crippen molar-refractivity contribution in [1.82, 2.24) is 24.8 Å². The Bertz CT molecular complexity index is 473. The van der Waals surface area contributed by atoms with Crippen molar-refractivity contribution in [3.63, 3.8) is 0 Å². The number of rotatable bonds is 4. The molecule has 6 nitrogen and oxygen atoms in total. The summed E-state index contributed by atoms with van der Waals surface area (Å²) in [5, 5.41) is 21.1. The summed E-state index contributed by atoms with van der Waals surface area (Å²) >= 11 is 0. The van der Waals surface area contributed by atoms with Crippen molar-refractivity contribution >= 4 is 0 Å². The Morgan fingerprint density at radius 2 is 2.19 bits per heavy atom. The maximum absolute atomic E-state index is 8.73. The third-order valence-electron chi connectivity index (χ3n) is 2.37. The monoisotopic (exact) mass is 221 g/mol. The molecular formula is C10H15N5O. The van der Waals surface area contributed by atoms with Gasteiger partial charge in [-0.2, -0.15) is 5.10 Å². The number of hydrogen-bond acceptors (Lipinski definition) is 4. The molecule has 0 aliphatic carbocycles. The molecule has 0 spiro atoms. The molecule has 0 aromatic carbocycles. The third-order valence-corrected chi connectivity index (χ3v) is 2.37. The molecule has 86 valence electrons. The van der Waals surface area contributed by atoms with Crippen molar-refractivity contribution in [2.75, 3.05) is 6.61 Å². The molecule has 16 heavy (non-hydrogen) atoms. The van der Waals surface area contributed by atoms with Gasteiger partial charge in [0, 0.05) is 13.7 Å². The van der Waals surface area contributed by atoms with Gasteiger partial charge in [0.05, 0.1) is 23.8 Å². The summed E-state index contributed by atoms with van der Waals surface area (Å²) in [6.45, 7) is 2.11. The highest BCUT2D eigenvalue weighted by molar-refractivity contribution is 5.32. The number of aryl methyl sites for hydroxylation is 3. The number of aliphatic hydroxyl groups is 1. The second kappa shape index (κ2) is 4.44. The fraction of sp³-hybridized carbons (Fsp3) is 0.500. The Morgan fingerprint density at radius 1 is 1.38 bits per heavy atom.